The Labute approximate surface area is 208 Å². The molecule has 2 aromatic rings. The molecule has 11 heteroatoms. The smallest absolute Gasteiger partial charge is 0.328 e. The molecule has 5 atom stereocenters. The number of rotatable bonds is 12. The quantitative estimate of drug-likeness (QED) is 0.202. The highest BCUT2D eigenvalue weighted by Gasteiger charge is 2.32. The third kappa shape index (κ3) is 8.67. The predicted molar refractivity (Wildman–Crippen MR) is 131 cm³/mol. The number of benzene rings is 2. The molecule has 2 aromatic carbocycles. The maximum Gasteiger partial charge on any atom is 0.328 e. The van der Waals surface area contributed by atoms with Gasteiger partial charge in [0, 0.05) is 12.8 Å². The molecule has 0 saturated heterocycles. The number of aliphatic hydroxyl groups is 1. The topological polar surface area (TPSA) is 191 Å². The molecule has 0 spiro atoms. The summed E-state index contributed by atoms with van der Waals surface area (Å²) >= 11 is 0. The zero-order chi connectivity index (χ0) is 26.8. The van der Waals surface area contributed by atoms with Crippen molar-refractivity contribution < 1.29 is 34.5 Å². The third-order valence-corrected chi connectivity index (χ3v) is 5.38. The maximum absolute atomic E-state index is 13.3. The van der Waals surface area contributed by atoms with Crippen LogP contribution in [0.5, 0.6) is 5.75 Å². The molecule has 8 N–H and O–H groups in total. The van der Waals surface area contributed by atoms with Gasteiger partial charge < -0.3 is 37.0 Å². The number of nitrogens with two attached hydrogens (primary N) is 1. The van der Waals surface area contributed by atoms with Crippen LogP contribution in [0.15, 0.2) is 54.6 Å². The number of carboxylic acid groups (broad SMARTS) is 1. The second kappa shape index (κ2) is 13.2. The summed E-state index contributed by atoms with van der Waals surface area (Å²) < 4.78 is 0. The zero-order valence-electron chi connectivity index (χ0n) is 20.0. The van der Waals surface area contributed by atoms with Gasteiger partial charge in [-0.2, -0.15) is 0 Å². The van der Waals surface area contributed by atoms with Crippen molar-refractivity contribution in [2.24, 2.45) is 5.73 Å². The highest BCUT2D eigenvalue weighted by Crippen LogP contribution is 2.12. The second-order valence-corrected chi connectivity index (χ2v) is 8.54. The summed E-state index contributed by atoms with van der Waals surface area (Å²) in [5.41, 5.74) is 6.96. The van der Waals surface area contributed by atoms with Crippen molar-refractivity contribution in [2.75, 3.05) is 0 Å². The summed E-state index contributed by atoms with van der Waals surface area (Å²) in [6.45, 7) is 2.68. The minimum absolute atomic E-state index is 0.00498. The number of phenols is 1. The van der Waals surface area contributed by atoms with Crippen LogP contribution in [0.2, 0.25) is 0 Å². The molecule has 0 radical (unpaired) electrons. The molecular formula is C25H32N4O7. The second-order valence-electron chi connectivity index (χ2n) is 8.54. The summed E-state index contributed by atoms with van der Waals surface area (Å²) in [5.74, 6) is -3.53. The number of aliphatic carboxylic acids is 1. The molecule has 11 nitrogen and oxygen atoms in total. The highest BCUT2D eigenvalue weighted by molar-refractivity contribution is 5.94. The van der Waals surface area contributed by atoms with Crippen molar-refractivity contribution in [2.45, 2.75) is 57.0 Å². The first-order valence-electron chi connectivity index (χ1n) is 11.4. The highest BCUT2D eigenvalue weighted by atomic mass is 16.4. The van der Waals surface area contributed by atoms with Gasteiger partial charge in [-0.15, -0.1) is 0 Å². The number of amides is 3. The largest absolute Gasteiger partial charge is 0.508 e. The zero-order valence-corrected chi connectivity index (χ0v) is 20.0. The van der Waals surface area contributed by atoms with Gasteiger partial charge in [0.25, 0.3) is 0 Å². The van der Waals surface area contributed by atoms with Gasteiger partial charge in [-0.3, -0.25) is 14.4 Å². The van der Waals surface area contributed by atoms with Crippen LogP contribution in [0.25, 0.3) is 0 Å². The van der Waals surface area contributed by atoms with Gasteiger partial charge in [-0.05, 0) is 37.1 Å². The van der Waals surface area contributed by atoms with Gasteiger partial charge in [0.2, 0.25) is 17.7 Å². The number of aliphatic hydroxyl groups excluding tert-OH is 1. The van der Waals surface area contributed by atoms with E-state index in [0.717, 1.165) is 5.56 Å². The Balaban J connectivity index is 2.30. The molecule has 0 aromatic heterocycles. The number of carbonyl (C=O) groups excluding carboxylic acids is 3. The molecule has 194 valence electrons. The van der Waals surface area contributed by atoms with Crippen molar-refractivity contribution in [1.82, 2.24) is 16.0 Å². The summed E-state index contributed by atoms with van der Waals surface area (Å²) in [7, 11) is 0. The van der Waals surface area contributed by atoms with E-state index in [4.69, 9.17) is 5.73 Å². The Hall–Kier alpha value is -3.96. The molecule has 0 aliphatic carbocycles. The van der Waals surface area contributed by atoms with Crippen LogP contribution in [0.4, 0.5) is 0 Å². The normalized spacial score (nSPS) is 15.0. The molecule has 0 fully saturated rings. The molecule has 0 aliphatic rings. The first-order chi connectivity index (χ1) is 17.0. The van der Waals surface area contributed by atoms with E-state index in [-0.39, 0.29) is 18.6 Å². The van der Waals surface area contributed by atoms with Gasteiger partial charge in [-0.25, -0.2) is 4.79 Å². The Morgan fingerprint density at radius 3 is 1.72 bits per heavy atom. The average Bonchev–Trinajstić information content (AvgIpc) is 2.82. The van der Waals surface area contributed by atoms with Crippen LogP contribution in [-0.2, 0) is 32.0 Å². The van der Waals surface area contributed by atoms with Gasteiger partial charge in [-0.1, -0.05) is 42.5 Å². The monoisotopic (exact) mass is 500 g/mol. The van der Waals surface area contributed by atoms with Crippen molar-refractivity contribution >= 4 is 23.7 Å². The number of hydrogen-bond acceptors (Lipinski definition) is 7. The van der Waals surface area contributed by atoms with Crippen LogP contribution in [0, 0.1) is 0 Å². The van der Waals surface area contributed by atoms with Gasteiger partial charge in [0.15, 0.2) is 6.04 Å². The fourth-order valence-corrected chi connectivity index (χ4v) is 3.35. The van der Waals surface area contributed by atoms with Crippen LogP contribution in [0.1, 0.15) is 25.0 Å². The Morgan fingerprint density at radius 1 is 0.778 bits per heavy atom. The van der Waals surface area contributed by atoms with Crippen LogP contribution >= 0.6 is 0 Å². The minimum Gasteiger partial charge on any atom is -0.508 e. The number of aromatic hydroxyl groups is 1. The standard InChI is InChI=1S/C25H32N4O7/c1-14(26)22(32)27-19(12-16-6-4-3-5-7-16)23(33)28-20(13-17-8-10-18(31)11-9-17)24(34)29-21(15(2)30)25(35)36/h3-11,14-15,19-21,30-31H,12-13,26H2,1-2H3,(H,27,32)(H,28,33)(H,29,34)(H,35,36). The maximum atomic E-state index is 13.3. The number of hydrogen-bond donors (Lipinski definition) is 7. The number of carboxylic acids is 1. The first kappa shape index (κ1) is 28.3. The number of phenolic OH excluding ortho intramolecular Hbond substituents is 1. The van der Waals surface area contributed by atoms with E-state index >= 15 is 0 Å². The summed E-state index contributed by atoms with van der Waals surface area (Å²) in [5, 5.41) is 36.0. The molecule has 0 bridgehead atoms. The SMILES string of the molecule is CC(N)C(=O)NC(Cc1ccccc1)C(=O)NC(Cc1ccc(O)cc1)C(=O)NC(C(=O)O)C(C)O. The van der Waals surface area contributed by atoms with Gasteiger partial charge in [0.05, 0.1) is 12.1 Å². The van der Waals surface area contributed by atoms with Crippen molar-refractivity contribution in [3.8, 4) is 5.75 Å². The Morgan fingerprint density at radius 2 is 1.25 bits per heavy atom. The van der Waals surface area contributed by atoms with Crippen molar-refractivity contribution in [1.29, 1.82) is 0 Å². The number of nitrogens with one attached hydrogen (secondary N) is 3. The fourth-order valence-electron chi connectivity index (χ4n) is 3.35. The third-order valence-electron chi connectivity index (χ3n) is 5.38. The van der Waals surface area contributed by atoms with Crippen LogP contribution < -0.4 is 21.7 Å². The lowest BCUT2D eigenvalue weighted by atomic mass is 10.0. The Kier molecular flexibility index (Phi) is 10.4. The average molecular weight is 501 g/mol. The van der Waals surface area contributed by atoms with Gasteiger partial charge >= 0.3 is 5.97 Å². The summed E-state index contributed by atoms with van der Waals surface area (Å²) in [6, 6.07) is 10.0. The minimum atomic E-state index is -1.60. The van der Waals surface area contributed by atoms with Gasteiger partial charge in [0.1, 0.15) is 17.8 Å². The molecule has 3 amide bonds. The molecule has 5 unspecified atom stereocenters. The van der Waals surface area contributed by atoms with E-state index in [1.54, 1.807) is 42.5 Å². The van der Waals surface area contributed by atoms with E-state index in [0.29, 0.717) is 5.56 Å². The van der Waals surface area contributed by atoms with E-state index in [1.165, 1.54) is 26.0 Å². The lowest BCUT2D eigenvalue weighted by molar-refractivity contribution is -0.145. The first-order valence-corrected chi connectivity index (χ1v) is 11.4. The lowest BCUT2D eigenvalue weighted by Crippen LogP contribution is -2.59. The molecule has 2 rings (SSSR count). The van der Waals surface area contributed by atoms with Crippen LogP contribution in [-0.4, -0.2) is 69.3 Å². The Bertz CT molecular complexity index is 1040. The summed E-state index contributed by atoms with van der Waals surface area (Å²) in [6.07, 6.45) is -1.33. The number of carbonyl (C=O) groups is 4. The molecule has 0 aliphatic heterocycles. The molecule has 0 saturated carbocycles. The van der Waals surface area contributed by atoms with Crippen LogP contribution in [0.3, 0.4) is 0 Å². The predicted octanol–water partition coefficient (Wildman–Crippen LogP) is -0.556. The van der Waals surface area contributed by atoms with E-state index < -0.39 is 54.0 Å². The molecular weight excluding hydrogens is 468 g/mol. The van der Waals surface area contributed by atoms with E-state index in [1.807, 2.05) is 0 Å². The fraction of sp³-hybridized carbons (Fsp3) is 0.360. The molecule has 0 heterocycles. The lowest BCUT2D eigenvalue weighted by Gasteiger charge is -2.26. The van der Waals surface area contributed by atoms with E-state index in [9.17, 15) is 34.5 Å². The van der Waals surface area contributed by atoms with Crippen molar-refractivity contribution in [3.05, 3.63) is 65.7 Å². The summed E-state index contributed by atoms with van der Waals surface area (Å²) in [4.78, 5) is 50.0. The van der Waals surface area contributed by atoms with E-state index in [2.05, 4.69) is 16.0 Å². The molecule has 36 heavy (non-hydrogen) atoms. The van der Waals surface area contributed by atoms with Crippen molar-refractivity contribution in [3.63, 3.8) is 0 Å².